The SMILES string of the molecule is O=C(O)c1cc(-c2ccccc2)ccc1COOc1ccc(CCOCCc2ccc(OC(=O)c3ccc(-c4ccccc4)cc3C(=O)O)cc2)cc1. The Hall–Kier alpha value is -6.55. The van der Waals surface area contributed by atoms with Gasteiger partial charge in [0.1, 0.15) is 12.4 Å². The Labute approximate surface area is 306 Å². The van der Waals surface area contributed by atoms with E-state index in [4.69, 9.17) is 19.2 Å². The van der Waals surface area contributed by atoms with Gasteiger partial charge in [0, 0.05) is 0 Å². The Bertz CT molecular complexity index is 2160. The van der Waals surface area contributed by atoms with E-state index in [0.717, 1.165) is 27.8 Å². The van der Waals surface area contributed by atoms with Crippen LogP contribution in [0.3, 0.4) is 0 Å². The highest BCUT2D eigenvalue weighted by atomic mass is 17.2. The molecule has 9 nitrogen and oxygen atoms in total. The Morgan fingerprint density at radius 3 is 1.55 bits per heavy atom. The molecule has 0 saturated heterocycles. The second kappa shape index (κ2) is 17.6. The Morgan fingerprint density at radius 1 is 0.491 bits per heavy atom. The largest absolute Gasteiger partial charge is 0.478 e. The van der Waals surface area contributed by atoms with Gasteiger partial charge in [0.15, 0.2) is 5.75 Å². The molecule has 0 radical (unpaired) electrons. The quantitative estimate of drug-likeness (QED) is 0.0333. The molecule has 0 unspecified atom stereocenters. The van der Waals surface area contributed by atoms with Crippen molar-refractivity contribution in [1.82, 2.24) is 0 Å². The van der Waals surface area contributed by atoms with E-state index in [1.54, 1.807) is 42.5 Å². The highest BCUT2D eigenvalue weighted by molar-refractivity contribution is 6.04. The van der Waals surface area contributed by atoms with Crippen LogP contribution in [-0.2, 0) is 29.1 Å². The number of carbonyl (C=O) groups is 3. The van der Waals surface area contributed by atoms with Crippen molar-refractivity contribution in [3.63, 3.8) is 0 Å². The number of aromatic carboxylic acids is 2. The van der Waals surface area contributed by atoms with Gasteiger partial charge in [-0.05, 0) is 94.3 Å². The monoisotopic (exact) mass is 708 g/mol. The molecule has 6 rings (SSSR count). The first-order valence-electron chi connectivity index (χ1n) is 17.0. The number of benzene rings is 6. The normalized spacial score (nSPS) is 10.8. The van der Waals surface area contributed by atoms with E-state index >= 15 is 0 Å². The molecule has 0 aliphatic carbocycles. The minimum Gasteiger partial charge on any atom is -0.478 e. The summed E-state index contributed by atoms with van der Waals surface area (Å²) < 4.78 is 11.3. The van der Waals surface area contributed by atoms with E-state index in [2.05, 4.69) is 0 Å². The van der Waals surface area contributed by atoms with Crippen molar-refractivity contribution in [2.45, 2.75) is 19.4 Å². The standard InChI is InChI=1S/C44H36O9/c45-42(46)40-27-34(32-7-3-1-4-8-32)15-16-36(40)29-51-53-38-20-13-31(14-21-38)24-26-50-25-23-30-11-18-37(19-12-30)52-44(49)39-22-17-35(28-41(39)43(47)48)33-9-5-2-6-10-33/h1-22,27-28H,23-26,29H2,(H,45,46)(H,47,48). The molecule has 6 aromatic rings. The van der Waals surface area contributed by atoms with Crippen LogP contribution in [0.25, 0.3) is 22.3 Å². The van der Waals surface area contributed by atoms with Crippen LogP contribution in [0, 0.1) is 0 Å². The third-order valence-corrected chi connectivity index (χ3v) is 8.52. The molecule has 266 valence electrons. The summed E-state index contributed by atoms with van der Waals surface area (Å²) in [6, 6.07) is 43.2. The van der Waals surface area contributed by atoms with Crippen LogP contribution in [0.1, 0.15) is 47.8 Å². The zero-order chi connectivity index (χ0) is 37.0. The summed E-state index contributed by atoms with van der Waals surface area (Å²) in [6.07, 6.45) is 1.34. The molecule has 0 spiro atoms. The second-order valence-electron chi connectivity index (χ2n) is 12.1. The van der Waals surface area contributed by atoms with Crippen molar-refractivity contribution in [1.29, 1.82) is 0 Å². The molecule has 0 amide bonds. The molecular weight excluding hydrogens is 672 g/mol. The number of rotatable bonds is 16. The van der Waals surface area contributed by atoms with Crippen LogP contribution in [0.4, 0.5) is 0 Å². The van der Waals surface area contributed by atoms with Crippen LogP contribution in [-0.4, -0.2) is 41.3 Å². The lowest BCUT2D eigenvalue weighted by Gasteiger charge is -2.10. The van der Waals surface area contributed by atoms with Gasteiger partial charge >= 0.3 is 17.9 Å². The minimum absolute atomic E-state index is 0.0257. The predicted molar refractivity (Wildman–Crippen MR) is 199 cm³/mol. The lowest BCUT2D eigenvalue weighted by Crippen LogP contribution is -2.14. The molecule has 2 N–H and O–H groups in total. The summed E-state index contributed by atoms with van der Waals surface area (Å²) in [6.45, 7) is 0.977. The molecule has 0 atom stereocenters. The van der Waals surface area contributed by atoms with Gasteiger partial charge in [0.05, 0.1) is 29.9 Å². The summed E-state index contributed by atoms with van der Waals surface area (Å²) in [4.78, 5) is 47.5. The fraction of sp³-hybridized carbons (Fsp3) is 0.114. The van der Waals surface area contributed by atoms with Crippen molar-refractivity contribution in [3.8, 4) is 33.8 Å². The third kappa shape index (κ3) is 9.83. The highest BCUT2D eigenvalue weighted by Crippen LogP contribution is 2.26. The summed E-state index contributed by atoms with van der Waals surface area (Å²) in [5, 5.41) is 19.5. The summed E-state index contributed by atoms with van der Waals surface area (Å²) >= 11 is 0. The summed E-state index contributed by atoms with van der Waals surface area (Å²) in [7, 11) is 0. The topological polar surface area (TPSA) is 129 Å². The van der Waals surface area contributed by atoms with Crippen molar-refractivity contribution >= 4 is 17.9 Å². The Balaban J connectivity index is 0.913. The Morgan fingerprint density at radius 2 is 1.00 bits per heavy atom. The van der Waals surface area contributed by atoms with Gasteiger partial charge in [-0.3, -0.25) is 0 Å². The van der Waals surface area contributed by atoms with Crippen LogP contribution >= 0.6 is 0 Å². The minimum atomic E-state index is -1.21. The molecule has 0 bridgehead atoms. The number of hydrogen-bond acceptors (Lipinski definition) is 7. The molecule has 6 aromatic carbocycles. The summed E-state index contributed by atoms with van der Waals surface area (Å²) in [5.74, 6) is -2.19. The molecular formula is C44H36O9. The van der Waals surface area contributed by atoms with Gasteiger partial charge in [-0.1, -0.05) is 103 Å². The third-order valence-electron chi connectivity index (χ3n) is 8.52. The van der Waals surface area contributed by atoms with Crippen LogP contribution in [0.15, 0.2) is 146 Å². The number of esters is 1. The van der Waals surface area contributed by atoms with Crippen molar-refractivity contribution in [3.05, 3.63) is 179 Å². The van der Waals surface area contributed by atoms with Gasteiger partial charge in [0.25, 0.3) is 0 Å². The smallest absolute Gasteiger partial charge is 0.344 e. The average molecular weight is 709 g/mol. The zero-order valence-corrected chi connectivity index (χ0v) is 28.6. The number of carboxylic acids is 2. The van der Waals surface area contributed by atoms with Crippen molar-refractivity contribution in [2.75, 3.05) is 13.2 Å². The van der Waals surface area contributed by atoms with Crippen molar-refractivity contribution < 1.29 is 43.8 Å². The number of carboxylic acid groups (broad SMARTS) is 2. The maximum Gasteiger partial charge on any atom is 0.344 e. The molecule has 0 fully saturated rings. The number of ether oxygens (including phenoxy) is 2. The lowest BCUT2D eigenvalue weighted by molar-refractivity contribution is -0.217. The molecule has 0 saturated carbocycles. The van der Waals surface area contributed by atoms with Crippen LogP contribution in [0.5, 0.6) is 11.5 Å². The fourth-order valence-corrected chi connectivity index (χ4v) is 5.66. The maximum absolute atomic E-state index is 12.9. The van der Waals surface area contributed by atoms with E-state index in [9.17, 15) is 24.6 Å². The lowest BCUT2D eigenvalue weighted by atomic mass is 9.99. The Kier molecular flexibility index (Phi) is 12.0. The molecule has 0 heterocycles. The van der Waals surface area contributed by atoms with E-state index in [1.165, 1.54) is 12.1 Å². The van der Waals surface area contributed by atoms with Gasteiger partial charge in [-0.15, -0.1) is 0 Å². The van der Waals surface area contributed by atoms with Gasteiger partial charge in [0.2, 0.25) is 0 Å². The first-order chi connectivity index (χ1) is 25.8. The molecule has 53 heavy (non-hydrogen) atoms. The molecule has 0 aliphatic rings. The van der Waals surface area contributed by atoms with Crippen LogP contribution < -0.4 is 9.62 Å². The zero-order valence-electron chi connectivity index (χ0n) is 28.6. The number of hydrogen-bond donors (Lipinski definition) is 2. The van der Waals surface area contributed by atoms with E-state index < -0.39 is 17.9 Å². The first-order valence-corrected chi connectivity index (χ1v) is 17.0. The number of carbonyl (C=O) groups excluding carboxylic acids is 1. The summed E-state index contributed by atoms with van der Waals surface area (Å²) in [5.41, 5.74) is 5.82. The molecule has 0 aromatic heterocycles. The highest BCUT2D eigenvalue weighted by Gasteiger charge is 2.20. The van der Waals surface area contributed by atoms with Gasteiger partial charge < -0.3 is 24.6 Å². The molecule has 0 aliphatic heterocycles. The van der Waals surface area contributed by atoms with Crippen molar-refractivity contribution in [2.24, 2.45) is 0 Å². The maximum atomic E-state index is 12.9. The molecule has 9 heteroatoms. The van der Waals surface area contributed by atoms with Gasteiger partial charge in [-0.2, -0.15) is 4.89 Å². The van der Waals surface area contributed by atoms with E-state index in [1.807, 2.05) is 91.0 Å². The second-order valence-corrected chi connectivity index (χ2v) is 12.1. The van der Waals surface area contributed by atoms with E-state index in [-0.39, 0.29) is 23.3 Å². The first kappa shape index (κ1) is 36.2. The fourth-order valence-electron chi connectivity index (χ4n) is 5.66. The van der Waals surface area contributed by atoms with Gasteiger partial charge in [-0.25, -0.2) is 14.4 Å². The predicted octanol–water partition coefficient (Wildman–Crippen LogP) is 8.95. The van der Waals surface area contributed by atoms with Crippen LogP contribution in [0.2, 0.25) is 0 Å². The average Bonchev–Trinajstić information content (AvgIpc) is 3.19. The van der Waals surface area contributed by atoms with E-state index in [0.29, 0.717) is 48.7 Å².